The van der Waals surface area contributed by atoms with Crippen LogP contribution in [-0.4, -0.2) is 37.2 Å². The second kappa shape index (κ2) is 4.87. The Morgan fingerprint density at radius 3 is 2.74 bits per heavy atom. The fraction of sp³-hybridized carbons (Fsp3) is 0.400. The first-order valence-electron chi connectivity index (χ1n) is 7.53. The summed E-state index contributed by atoms with van der Waals surface area (Å²) < 4.78 is 1.79. The minimum atomic E-state index is -1.26. The Morgan fingerprint density at radius 1 is 1.30 bits per heavy atom. The maximum atomic E-state index is 12.2. The van der Waals surface area contributed by atoms with Gasteiger partial charge in [-0.05, 0) is 48.2 Å². The Kier molecular flexibility index (Phi) is 2.93. The molecule has 118 valence electrons. The van der Waals surface area contributed by atoms with Crippen molar-refractivity contribution in [1.29, 1.82) is 0 Å². The van der Waals surface area contributed by atoms with Gasteiger partial charge in [0, 0.05) is 11.3 Å². The smallest absolute Gasteiger partial charge is 0.319 e. The van der Waals surface area contributed by atoms with E-state index < -0.39 is 17.3 Å². The zero-order chi connectivity index (χ0) is 16.0. The van der Waals surface area contributed by atoms with Crippen molar-refractivity contribution in [2.24, 2.45) is 5.41 Å². The molecule has 1 aromatic heterocycles. The number of benzene rings is 1. The molecule has 0 atom stereocenters. The third-order valence-electron chi connectivity index (χ3n) is 4.36. The fourth-order valence-electron chi connectivity index (χ4n) is 2.60. The molecular weight excluding hydrogens is 298 g/mol. The highest BCUT2D eigenvalue weighted by Crippen LogP contribution is 2.46. The van der Waals surface area contributed by atoms with Crippen LogP contribution in [0.4, 0.5) is 5.69 Å². The summed E-state index contributed by atoms with van der Waals surface area (Å²) in [5.41, 5.74) is 0.0799. The molecule has 2 fully saturated rings. The van der Waals surface area contributed by atoms with Crippen LogP contribution in [-0.2, 0) is 9.59 Å². The molecule has 2 N–H and O–H groups in total. The number of anilines is 1. The number of carbonyl (C=O) groups excluding carboxylic acids is 1. The van der Waals surface area contributed by atoms with E-state index in [1.54, 1.807) is 22.9 Å². The number of aromatic nitrogens is 4. The van der Waals surface area contributed by atoms with Gasteiger partial charge >= 0.3 is 5.97 Å². The van der Waals surface area contributed by atoms with E-state index in [0.717, 1.165) is 18.4 Å². The van der Waals surface area contributed by atoms with E-state index in [-0.39, 0.29) is 0 Å². The first-order valence-corrected chi connectivity index (χ1v) is 7.53. The maximum absolute atomic E-state index is 12.2. The predicted molar refractivity (Wildman–Crippen MR) is 79.5 cm³/mol. The van der Waals surface area contributed by atoms with Crippen LogP contribution in [0.15, 0.2) is 24.3 Å². The Bertz CT molecular complexity index is 792. The molecule has 0 saturated heterocycles. The molecule has 2 saturated carbocycles. The number of hydrogen-bond donors (Lipinski definition) is 2. The van der Waals surface area contributed by atoms with Crippen LogP contribution in [0.3, 0.4) is 0 Å². The molecule has 0 spiro atoms. The number of nitrogens with one attached hydrogen (secondary N) is 1. The van der Waals surface area contributed by atoms with Crippen LogP contribution >= 0.6 is 0 Å². The van der Waals surface area contributed by atoms with Gasteiger partial charge in [0.25, 0.3) is 0 Å². The summed E-state index contributed by atoms with van der Waals surface area (Å²) in [6, 6.07) is 7.49. The molecule has 8 heteroatoms. The number of carboxylic acid groups (broad SMARTS) is 1. The van der Waals surface area contributed by atoms with Crippen molar-refractivity contribution >= 4 is 17.6 Å². The Balaban J connectivity index is 1.58. The van der Waals surface area contributed by atoms with Crippen LogP contribution in [0.5, 0.6) is 0 Å². The van der Waals surface area contributed by atoms with E-state index in [9.17, 15) is 14.7 Å². The van der Waals surface area contributed by atoms with Crippen LogP contribution < -0.4 is 5.32 Å². The lowest BCUT2D eigenvalue weighted by atomic mass is 10.1. The van der Waals surface area contributed by atoms with E-state index in [0.29, 0.717) is 30.4 Å². The molecular formula is C15H15N5O3. The number of tetrazole rings is 1. The highest BCUT2D eigenvalue weighted by atomic mass is 16.4. The Labute approximate surface area is 131 Å². The van der Waals surface area contributed by atoms with Crippen molar-refractivity contribution < 1.29 is 14.7 Å². The highest BCUT2D eigenvalue weighted by Gasteiger charge is 2.57. The fourth-order valence-corrected chi connectivity index (χ4v) is 2.60. The average Bonchev–Trinajstić information content (AvgIpc) is 3.45. The average molecular weight is 313 g/mol. The molecule has 2 aliphatic rings. The van der Waals surface area contributed by atoms with E-state index in [2.05, 4.69) is 20.8 Å². The van der Waals surface area contributed by atoms with E-state index in [1.807, 2.05) is 6.07 Å². The van der Waals surface area contributed by atoms with Gasteiger partial charge in [-0.2, -0.15) is 0 Å². The molecule has 0 radical (unpaired) electrons. The summed E-state index contributed by atoms with van der Waals surface area (Å²) in [6.45, 7) is 0. The number of aliphatic carboxylic acids is 1. The lowest BCUT2D eigenvalue weighted by Crippen LogP contribution is -2.31. The van der Waals surface area contributed by atoms with Crippen molar-refractivity contribution in [2.45, 2.75) is 31.7 Å². The predicted octanol–water partition coefficient (Wildman–Crippen LogP) is 1.48. The number of carboxylic acids is 1. The van der Waals surface area contributed by atoms with Crippen molar-refractivity contribution in [3.05, 3.63) is 24.3 Å². The second-order valence-electron chi connectivity index (χ2n) is 6.10. The lowest BCUT2D eigenvalue weighted by molar-refractivity contribution is -0.147. The number of nitrogens with zero attached hydrogens (tertiary/aromatic N) is 4. The van der Waals surface area contributed by atoms with Gasteiger partial charge in [0.2, 0.25) is 5.91 Å². The normalized spacial score (nSPS) is 18.4. The summed E-state index contributed by atoms with van der Waals surface area (Å²) in [4.78, 5) is 23.4. The van der Waals surface area contributed by atoms with Crippen LogP contribution in [0.25, 0.3) is 11.4 Å². The van der Waals surface area contributed by atoms with Gasteiger partial charge in [0.05, 0.1) is 6.04 Å². The first-order chi connectivity index (χ1) is 11.1. The number of carbonyl (C=O) groups is 2. The summed E-state index contributed by atoms with van der Waals surface area (Å²) in [6.07, 6.45) is 2.90. The quantitative estimate of drug-likeness (QED) is 0.809. The van der Waals surface area contributed by atoms with E-state index in [4.69, 9.17) is 0 Å². The van der Waals surface area contributed by atoms with Crippen LogP contribution in [0, 0.1) is 5.41 Å². The molecule has 0 bridgehead atoms. The van der Waals surface area contributed by atoms with Crippen molar-refractivity contribution in [3.63, 3.8) is 0 Å². The molecule has 8 nitrogen and oxygen atoms in total. The topological polar surface area (TPSA) is 110 Å². The molecule has 2 aliphatic carbocycles. The van der Waals surface area contributed by atoms with E-state index >= 15 is 0 Å². The van der Waals surface area contributed by atoms with Gasteiger partial charge in [-0.1, -0.05) is 12.1 Å². The van der Waals surface area contributed by atoms with Gasteiger partial charge < -0.3 is 10.4 Å². The van der Waals surface area contributed by atoms with Gasteiger partial charge in [-0.15, -0.1) is 5.10 Å². The van der Waals surface area contributed by atoms with Crippen LogP contribution in [0.2, 0.25) is 0 Å². The second-order valence-corrected chi connectivity index (χ2v) is 6.10. The molecule has 1 amide bonds. The van der Waals surface area contributed by atoms with E-state index in [1.165, 1.54) is 0 Å². The zero-order valence-electron chi connectivity index (χ0n) is 12.3. The van der Waals surface area contributed by atoms with Gasteiger partial charge in [0.15, 0.2) is 5.82 Å². The molecule has 1 heterocycles. The first kappa shape index (κ1) is 13.9. The van der Waals surface area contributed by atoms with Gasteiger partial charge in [-0.25, -0.2) is 4.68 Å². The lowest BCUT2D eigenvalue weighted by Gasteiger charge is -2.11. The maximum Gasteiger partial charge on any atom is 0.319 e. The van der Waals surface area contributed by atoms with Gasteiger partial charge in [-0.3, -0.25) is 9.59 Å². The SMILES string of the molecule is O=C(O)C1(C(=O)Nc2cccc(-c3nnnn3C3CC3)c2)CC1. The minimum Gasteiger partial charge on any atom is -0.480 e. The number of hydrogen-bond acceptors (Lipinski definition) is 5. The van der Waals surface area contributed by atoms with Crippen molar-refractivity contribution in [3.8, 4) is 11.4 Å². The Morgan fingerprint density at radius 2 is 2.09 bits per heavy atom. The molecule has 1 aromatic carbocycles. The molecule has 0 aliphatic heterocycles. The summed E-state index contributed by atoms with van der Waals surface area (Å²) in [7, 11) is 0. The molecule has 0 unspecified atom stereocenters. The standard InChI is InChI=1S/C15H15N5O3/c21-13(15(6-7-15)14(22)23)16-10-3-1-2-9(8-10)12-17-18-19-20(12)11-4-5-11/h1-3,8,11H,4-7H2,(H,16,21)(H,22,23). The molecule has 2 aromatic rings. The van der Waals surface area contributed by atoms with Gasteiger partial charge in [0.1, 0.15) is 5.41 Å². The largest absolute Gasteiger partial charge is 0.480 e. The van der Waals surface area contributed by atoms with Crippen LogP contribution in [0.1, 0.15) is 31.7 Å². The molecule has 4 rings (SSSR count). The zero-order valence-corrected chi connectivity index (χ0v) is 12.3. The highest BCUT2D eigenvalue weighted by molar-refractivity contribution is 6.10. The minimum absolute atomic E-state index is 0.347. The third-order valence-corrected chi connectivity index (χ3v) is 4.36. The van der Waals surface area contributed by atoms with Crippen molar-refractivity contribution in [2.75, 3.05) is 5.32 Å². The number of rotatable bonds is 5. The summed E-state index contributed by atoms with van der Waals surface area (Å²) >= 11 is 0. The van der Waals surface area contributed by atoms with Crippen molar-refractivity contribution in [1.82, 2.24) is 20.2 Å². The summed E-state index contributed by atoms with van der Waals surface area (Å²) in [5, 5.41) is 23.6. The Hall–Kier alpha value is -2.77. The number of amides is 1. The monoisotopic (exact) mass is 313 g/mol. The summed E-state index contributed by atoms with van der Waals surface area (Å²) in [5.74, 6) is -0.879. The third kappa shape index (κ3) is 2.36. The molecule has 23 heavy (non-hydrogen) atoms.